The molecule has 0 atom stereocenters. The zero-order chi connectivity index (χ0) is 6.12. The molecule has 0 fully saturated rings. The minimum Gasteiger partial charge on any atom is 0 e. The van der Waals surface area contributed by atoms with E-state index in [9.17, 15) is 0 Å². The third-order valence-electron chi connectivity index (χ3n) is 0.0373. The van der Waals surface area contributed by atoms with Gasteiger partial charge < -0.3 is 9.68 Å². The summed E-state index contributed by atoms with van der Waals surface area (Å²) in [5.74, 6) is 0. The summed E-state index contributed by atoms with van der Waals surface area (Å²) in [5, 5.41) is 6.95. The van der Waals surface area contributed by atoms with Gasteiger partial charge in [-0.25, -0.2) is 5.26 Å². The van der Waals surface area contributed by atoms with Gasteiger partial charge in [0.2, 0.25) is 0 Å². The third kappa shape index (κ3) is 37.5. The molecule has 8 heavy (non-hydrogen) atoms. The van der Waals surface area contributed by atoms with Crippen molar-refractivity contribution >= 4 is 94.4 Å². The molecule has 3 nitrogen and oxygen atoms in total. The summed E-state index contributed by atoms with van der Waals surface area (Å²) in [6.07, 6.45) is 0. The van der Waals surface area contributed by atoms with Gasteiger partial charge in [0.25, 0.3) is 0 Å². The Balaban J connectivity index is -0.0000000575. The first-order valence-electron chi connectivity index (χ1n) is 0.830. The first-order valence-corrected chi connectivity index (χ1v) is 4.83. The minimum atomic E-state index is -0.106. The molecule has 0 aliphatic rings. The summed E-state index contributed by atoms with van der Waals surface area (Å²) in [6.45, 7) is 0.736. The van der Waals surface area contributed by atoms with Crippen molar-refractivity contribution in [3.05, 3.63) is 0 Å². The predicted octanol–water partition coefficient (Wildman–Crippen LogP) is 0.539. The molecule has 0 aromatic carbocycles. The van der Waals surface area contributed by atoms with E-state index in [0.29, 0.717) is 0 Å². The maximum Gasteiger partial charge on any atom is 0 e. The maximum atomic E-state index is 8.58. The zero-order valence-corrected chi connectivity index (χ0v) is 13.2. The molecule has 0 aliphatic heterocycles. The van der Waals surface area contributed by atoms with Crippen LogP contribution in [0.3, 0.4) is 0 Å². The van der Waals surface area contributed by atoms with E-state index in [2.05, 4.69) is 4.89 Å². The summed E-state index contributed by atoms with van der Waals surface area (Å²) >= 11 is -0.106. The van der Waals surface area contributed by atoms with E-state index in [1.807, 2.05) is 0 Å². The predicted molar refractivity (Wildman–Crippen MR) is 26.9 cm³/mol. The molecular formula is CHCl2CsO3Pd-. The monoisotopic (exact) mass is 370 g/mol. The van der Waals surface area contributed by atoms with Crippen LogP contribution in [0.15, 0.2) is 0 Å². The Morgan fingerprint density at radius 2 is 1.75 bits per heavy atom. The van der Waals surface area contributed by atoms with Gasteiger partial charge >= 0.3 is 35.0 Å². The quantitative estimate of drug-likeness (QED) is 0.317. The Morgan fingerprint density at radius 3 is 1.75 bits per heavy atom. The van der Waals surface area contributed by atoms with E-state index in [4.69, 9.17) is 29.1 Å². The van der Waals surface area contributed by atoms with Gasteiger partial charge in [0, 0.05) is 68.9 Å². The number of carbonyl (C=O) groups excluding carboxylic acids is 1. The van der Waals surface area contributed by atoms with Crippen LogP contribution in [-0.2, 0) is 25.6 Å². The Bertz CT molecular complexity index is 38.5. The van der Waals surface area contributed by atoms with E-state index >= 15 is 0 Å². The molecule has 1 radical (unpaired) electrons. The molecule has 0 aliphatic carbocycles. The Kier molecular flexibility index (Phi) is 48.0. The fourth-order valence-electron chi connectivity index (χ4n) is 0. The molecular weight excluding hydrogens is 370 g/mol. The van der Waals surface area contributed by atoms with Gasteiger partial charge in [-0.1, -0.05) is 0 Å². The van der Waals surface area contributed by atoms with Crippen LogP contribution in [0.2, 0.25) is 0 Å². The van der Waals surface area contributed by atoms with Crippen molar-refractivity contribution in [2.75, 3.05) is 0 Å². The van der Waals surface area contributed by atoms with E-state index in [1.54, 1.807) is 0 Å². The Labute approximate surface area is 122 Å². The molecule has 0 bridgehead atoms. The van der Waals surface area contributed by atoms with E-state index in [0.717, 1.165) is 6.47 Å². The molecule has 0 aromatic heterocycles. The Hall–Kier alpha value is 2.72. The van der Waals surface area contributed by atoms with Gasteiger partial charge in [0.15, 0.2) is 0 Å². The van der Waals surface area contributed by atoms with Gasteiger partial charge in [-0.15, -0.1) is 0 Å². The van der Waals surface area contributed by atoms with Crippen molar-refractivity contribution in [1.82, 2.24) is 0 Å². The molecule has 7 heteroatoms. The fourth-order valence-corrected chi connectivity index (χ4v) is 0. The van der Waals surface area contributed by atoms with Crippen LogP contribution in [0, 0.1) is 0 Å². The molecule has 49 valence electrons. The molecule has 0 saturated heterocycles. The number of hydrogen-bond acceptors (Lipinski definition) is 3. The van der Waals surface area contributed by atoms with Crippen molar-refractivity contribution in [2.45, 2.75) is 0 Å². The third-order valence-corrected chi connectivity index (χ3v) is 0.0373. The fraction of sp³-hybridized carbons (Fsp3) is 0. The second-order valence-electron chi connectivity index (χ2n) is 0.220. The largest absolute Gasteiger partial charge is 0 e. The molecule has 1 N–H and O–H groups in total. The van der Waals surface area contributed by atoms with Gasteiger partial charge in [0.1, 0.15) is 0 Å². The SMILES string of the molecule is O=[C-]OO.[Cl][Pd][Cl].[Cs]. The average Bonchev–Trinajstić information content (AvgIpc) is 1.69. The van der Waals surface area contributed by atoms with E-state index < -0.39 is 0 Å². The second-order valence-corrected chi connectivity index (χ2v) is 2.58. The van der Waals surface area contributed by atoms with Crippen LogP contribution in [-0.4, -0.2) is 80.6 Å². The van der Waals surface area contributed by atoms with Crippen molar-refractivity contribution in [3.8, 4) is 0 Å². The van der Waals surface area contributed by atoms with Crippen molar-refractivity contribution in [3.63, 3.8) is 0 Å². The van der Waals surface area contributed by atoms with Gasteiger partial charge in [0.05, 0.1) is 0 Å². The number of halogens is 2. The van der Waals surface area contributed by atoms with Crippen LogP contribution >= 0.6 is 19.1 Å². The molecule has 0 rings (SSSR count). The van der Waals surface area contributed by atoms with E-state index in [1.165, 1.54) is 0 Å². The van der Waals surface area contributed by atoms with Crippen LogP contribution in [0.4, 0.5) is 0 Å². The number of hydrogen-bond donors (Lipinski definition) is 1. The first-order chi connectivity index (χ1) is 3.33. The first kappa shape index (κ1) is 17.0. The van der Waals surface area contributed by atoms with Gasteiger partial charge in [-0.3, -0.25) is 0 Å². The van der Waals surface area contributed by atoms with Crippen LogP contribution in [0.25, 0.3) is 0 Å². The summed E-state index contributed by atoms with van der Waals surface area (Å²) < 4.78 is 0. The average molecular weight is 371 g/mol. The maximum absolute atomic E-state index is 8.58. The van der Waals surface area contributed by atoms with E-state index in [-0.39, 0.29) is 84.8 Å². The van der Waals surface area contributed by atoms with Crippen LogP contribution in [0.5, 0.6) is 0 Å². The summed E-state index contributed by atoms with van der Waals surface area (Å²) in [5.41, 5.74) is 0. The van der Waals surface area contributed by atoms with Crippen LogP contribution in [0.1, 0.15) is 0 Å². The van der Waals surface area contributed by atoms with Crippen molar-refractivity contribution < 1.29 is 30.9 Å². The molecule has 0 heterocycles. The van der Waals surface area contributed by atoms with Crippen molar-refractivity contribution in [2.24, 2.45) is 0 Å². The molecule has 0 spiro atoms. The van der Waals surface area contributed by atoms with Gasteiger partial charge in [-0.05, 0) is 6.47 Å². The van der Waals surface area contributed by atoms with Crippen molar-refractivity contribution in [1.29, 1.82) is 0 Å². The smallest absolute Gasteiger partial charge is 0 e. The summed E-state index contributed by atoms with van der Waals surface area (Å²) in [4.78, 5) is 11.3. The van der Waals surface area contributed by atoms with Crippen LogP contribution < -0.4 is 0 Å². The summed E-state index contributed by atoms with van der Waals surface area (Å²) in [6, 6.07) is 0. The molecule has 0 amide bonds. The normalized spacial score (nSPS) is 5.38. The second kappa shape index (κ2) is 22.6. The minimum absolute atomic E-state index is 0. The topological polar surface area (TPSA) is 46.5 Å². The molecule has 0 aromatic rings. The molecule has 0 saturated carbocycles. The standard InChI is InChI=1S/CHO3.2ClH.Cs.Pd/c2-1-4-3;;;;/h3H;2*1H;;/q-1;;;;+2/p-2. The molecule has 0 unspecified atom stereocenters. The summed E-state index contributed by atoms with van der Waals surface area (Å²) in [7, 11) is 9.63. The Morgan fingerprint density at radius 1 is 1.62 bits per heavy atom. The zero-order valence-electron chi connectivity index (χ0n) is 3.84. The van der Waals surface area contributed by atoms with Gasteiger partial charge in [-0.2, -0.15) is 0 Å². The number of rotatable bonds is 1.